The SMILES string of the molecule is COC(=O)C(N=C(c1ccccc1)c1ccccc1)C(C)c1ccccn1. The zero-order valence-electron chi connectivity index (χ0n) is 15.4. The molecule has 2 aromatic carbocycles. The average molecular weight is 358 g/mol. The monoisotopic (exact) mass is 358 g/mol. The highest BCUT2D eigenvalue weighted by molar-refractivity contribution is 6.13. The average Bonchev–Trinajstić information content (AvgIpc) is 2.75. The Morgan fingerprint density at radius 3 is 1.93 bits per heavy atom. The highest BCUT2D eigenvalue weighted by atomic mass is 16.5. The molecule has 0 aliphatic heterocycles. The molecule has 3 aromatic rings. The van der Waals surface area contributed by atoms with Crippen molar-refractivity contribution in [2.24, 2.45) is 4.99 Å². The van der Waals surface area contributed by atoms with Crippen molar-refractivity contribution in [3.05, 3.63) is 102 Å². The molecule has 0 bridgehead atoms. The van der Waals surface area contributed by atoms with Crippen LogP contribution >= 0.6 is 0 Å². The van der Waals surface area contributed by atoms with Crippen molar-refractivity contribution in [2.75, 3.05) is 7.11 Å². The number of aromatic nitrogens is 1. The molecule has 4 nitrogen and oxygen atoms in total. The van der Waals surface area contributed by atoms with Crippen LogP contribution in [0.1, 0.15) is 29.7 Å². The van der Waals surface area contributed by atoms with Gasteiger partial charge in [0.15, 0.2) is 6.04 Å². The van der Waals surface area contributed by atoms with Crippen LogP contribution < -0.4 is 0 Å². The van der Waals surface area contributed by atoms with E-state index in [4.69, 9.17) is 9.73 Å². The number of hydrogen-bond donors (Lipinski definition) is 0. The maximum atomic E-state index is 12.6. The molecule has 0 aliphatic carbocycles. The number of aliphatic imine (C=N–C) groups is 1. The minimum atomic E-state index is -0.694. The first kappa shape index (κ1) is 18.5. The molecule has 27 heavy (non-hydrogen) atoms. The van der Waals surface area contributed by atoms with Gasteiger partial charge in [-0.15, -0.1) is 0 Å². The van der Waals surface area contributed by atoms with E-state index < -0.39 is 6.04 Å². The predicted molar refractivity (Wildman–Crippen MR) is 107 cm³/mol. The van der Waals surface area contributed by atoms with Gasteiger partial charge in [0.05, 0.1) is 12.8 Å². The smallest absolute Gasteiger partial charge is 0.331 e. The van der Waals surface area contributed by atoms with Gasteiger partial charge in [-0.25, -0.2) is 4.79 Å². The first-order valence-corrected chi connectivity index (χ1v) is 8.88. The van der Waals surface area contributed by atoms with E-state index in [9.17, 15) is 4.79 Å². The van der Waals surface area contributed by atoms with Gasteiger partial charge < -0.3 is 4.74 Å². The van der Waals surface area contributed by atoms with Crippen molar-refractivity contribution in [2.45, 2.75) is 18.9 Å². The van der Waals surface area contributed by atoms with Gasteiger partial charge in [0.1, 0.15) is 0 Å². The first-order chi connectivity index (χ1) is 13.2. The van der Waals surface area contributed by atoms with Crippen LogP contribution in [0.2, 0.25) is 0 Å². The van der Waals surface area contributed by atoms with E-state index >= 15 is 0 Å². The lowest BCUT2D eigenvalue weighted by Crippen LogP contribution is -2.28. The molecule has 2 unspecified atom stereocenters. The highest BCUT2D eigenvalue weighted by Gasteiger charge is 2.28. The van der Waals surface area contributed by atoms with Crippen molar-refractivity contribution in [1.82, 2.24) is 4.98 Å². The van der Waals surface area contributed by atoms with Crippen LogP contribution in [0.25, 0.3) is 0 Å². The fourth-order valence-corrected chi connectivity index (χ4v) is 2.94. The molecular weight excluding hydrogens is 336 g/mol. The molecule has 4 heteroatoms. The Bertz CT molecular complexity index is 852. The summed E-state index contributed by atoms with van der Waals surface area (Å²) in [6.45, 7) is 1.95. The number of pyridine rings is 1. The van der Waals surface area contributed by atoms with E-state index in [0.29, 0.717) is 0 Å². The molecule has 1 heterocycles. The summed E-state index contributed by atoms with van der Waals surface area (Å²) >= 11 is 0. The number of esters is 1. The van der Waals surface area contributed by atoms with Crippen LogP contribution in [0, 0.1) is 0 Å². The number of ether oxygens (including phenoxy) is 1. The van der Waals surface area contributed by atoms with Crippen LogP contribution in [-0.4, -0.2) is 29.8 Å². The van der Waals surface area contributed by atoms with Crippen molar-refractivity contribution in [3.63, 3.8) is 0 Å². The lowest BCUT2D eigenvalue weighted by atomic mass is 9.96. The molecule has 2 atom stereocenters. The number of benzene rings is 2. The summed E-state index contributed by atoms with van der Waals surface area (Å²) in [7, 11) is 1.39. The lowest BCUT2D eigenvalue weighted by Gasteiger charge is -2.20. The summed E-state index contributed by atoms with van der Waals surface area (Å²) in [5.74, 6) is -0.599. The molecule has 0 fully saturated rings. The highest BCUT2D eigenvalue weighted by Crippen LogP contribution is 2.23. The second-order valence-electron chi connectivity index (χ2n) is 6.22. The molecule has 0 saturated carbocycles. The van der Waals surface area contributed by atoms with Crippen LogP contribution in [-0.2, 0) is 9.53 Å². The Labute approximate surface area is 159 Å². The van der Waals surface area contributed by atoms with Gasteiger partial charge in [-0.2, -0.15) is 0 Å². The Balaban J connectivity index is 2.10. The molecule has 0 radical (unpaired) electrons. The maximum absolute atomic E-state index is 12.6. The van der Waals surface area contributed by atoms with Gasteiger partial charge in [-0.05, 0) is 12.1 Å². The number of methoxy groups -OCH3 is 1. The van der Waals surface area contributed by atoms with Gasteiger partial charge in [-0.3, -0.25) is 9.98 Å². The summed E-state index contributed by atoms with van der Waals surface area (Å²) in [4.78, 5) is 21.8. The summed E-state index contributed by atoms with van der Waals surface area (Å²) < 4.78 is 5.05. The third kappa shape index (κ3) is 4.47. The van der Waals surface area contributed by atoms with Crippen molar-refractivity contribution < 1.29 is 9.53 Å². The molecule has 0 spiro atoms. The Hall–Kier alpha value is -3.27. The molecular formula is C23H22N2O2. The summed E-state index contributed by atoms with van der Waals surface area (Å²) in [5, 5.41) is 0. The van der Waals surface area contributed by atoms with Gasteiger partial charge in [0.25, 0.3) is 0 Å². The fraction of sp³-hybridized carbons (Fsp3) is 0.174. The maximum Gasteiger partial charge on any atom is 0.331 e. The molecule has 0 saturated heterocycles. The summed E-state index contributed by atoms with van der Waals surface area (Å²) in [6.07, 6.45) is 1.72. The van der Waals surface area contributed by atoms with Gasteiger partial charge in [-0.1, -0.05) is 73.7 Å². The van der Waals surface area contributed by atoms with Gasteiger partial charge in [0.2, 0.25) is 0 Å². The van der Waals surface area contributed by atoms with Crippen LogP contribution in [0.5, 0.6) is 0 Å². The predicted octanol–water partition coefficient (Wildman–Crippen LogP) is 4.26. The minimum absolute atomic E-state index is 0.221. The molecule has 3 rings (SSSR count). The van der Waals surface area contributed by atoms with Crippen LogP contribution in [0.15, 0.2) is 90.1 Å². The van der Waals surface area contributed by atoms with E-state index in [1.54, 1.807) is 6.20 Å². The number of carbonyl (C=O) groups is 1. The Morgan fingerprint density at radius 2 is 1.44 bits per heavy atom. The minimum Gasteiger partial charge on any atom is -0.467 e. The number of carbonyl (C=O) groups excluding carboxylic acids is 1. The summed E-state index contributed by atoms with van der Waals surface area (Å²) in [5.41, 5.74) is 3.46. The molecule has 0 N–H and O–H groups in total. The molecule has 0 aliphatic rings. The third-order valence-corrected chi connectivity index (χ3v) is 4.43. The zero-order valence-corrected chi connectivity index (χ0v) is 15.4. The van der Waals surface area contributed by atoms with E-state index in [-0.39, 0.29) is 11.9 Å². The van der Waals surface area contributed by atoms with E-state index in [1.807, 2.05) is 85.8 Å². The van der Waals surface area contributed by atoms with E-state index in [0.717, 1.165) is 22.5 Å². The number of hydrogen-bond acceptors (Lipinski definition) is 4. The molecule has 0 amide bonds. The molecule has 136 valence electrons. The van der Waals surface area contributed by atoms with E-state index in [1.165, 1.54) is 7.11 Å². The lowest BCUT2D eigenvalue weighted by molar-refractivity contribution is -0.142. The standard InChI is InChI=1S/C23H22N2O2/c1-17(20-15-9-10-16-24-20)21(23(26)27-2)25-22(18-11-5-3-6-12-18)19-13-7-4-8-14-19/h3-17,21H,1-2H3. The number of nitrogens with zero attached hydrogens (tertiary/aromatic N) is 2. The third-order valence-electron chi connectivity index (χ3n) is 4.43. The normalized spacial score (nSPS) is 12.7. The molecule has 1 aromatic heterocycles. The Kier molecular flexibility index (Phi) is 6.10. The zero-order chi connectivity index (χ0) is 19.1. The van der Waals surface area contributed by atoms with Crippen molar-refractivity contribution >= 4 is 11.7 Å². The Morgan fingerprint density at radius 1 is 0.889 bits per heavy atom. The second-order valence-corrected chi connectivity index (χ2v) is 6.22. The quantitative estimate of drug-likeness (QED) is 0.488. The first-order valence-electron chi connectivity index (χ1n) is 8.88. The summed E-state index contributed by atoms with van der Waals surface area (Å²) in [6, 6.07) is 24.7. The van der Waals surface area contributed by atoms with Crippen molar-refractivity contribution in [1.29, 1.82) is 0 Å². The van der Waals surface area contributed by atoms with Crippen molar-refractivity contribution in [3.8, 4) is 0 Å². The van der Waals surface area contributed by atoms with Gasteiger partial charge in [0, 0.05) is 28.9 Å². The second kappa shape index (κ2) is 8.90. The fourth-order valence-electron chi connectivity index (χ4n) is 2.94. The number of rotatable bonds is 6. The van der Waals surface area contributed by atoms with E-state index in [2.05, 4.69) is 4.98 Å². The van der Waals surface area contributed by atoms with Crippen LogP contribution in [0.3, 0.4) is 0 Å². The van der Waals surface area contributed by atoms with Gasteiger partial charge >= 0.3 is 5.97 Å². The van der Waals surface area contributed by atoms with Crippen LogP contribution in [0.4, 0.5) is 0 Å². The largest absolute Gasteiger partial charge is 0.467 e. The topological polar surface area (TPSA) is 51.5 Å².